The van der Waals surface area contributed by atoms with Crippen molar-refractivity contribution in [3.63, 3.8) is 0 Å². The van der Waals surface area contributed by atoms with E-state index in [0.717, 1.165) is 16.3 Å². The molecule has 0 aliphatic carbocycles. The largest absolute Gasteiger partial charge is 0.311 e. The molecule has 1 amide bonds. The van der Waals surface area contributed by atoms with Gasteiger partial charge in [0.25, 0.3) is 5.91 Å². The van der Waals surface area contributed by atoms with Gasteiger partial charge >= 0.3 is 0 Å². The number of aromatic nitrogens is 2. The first-order valence-corrected chi connectivity index (χ1v) is 9.98. The second-order valence-corrected chi connectivity index (χ2v) is 9.11. The minimum atomic E-state index is -0.379. The van der Waals surface area contributed by atoms with Crippen molar-refractivity contribution in [3.05, 3.63) is 59.8 Å². The number of benzene rings is 1. The van der Waals surface area contributed by atoms with Gasteiger partial charge in [0.2, 0.25) is 0 Å². The molecule has 2 heterocycles. The summed E-state index contributed by atoms with van der Waals surface area (Å²) in [7, 11) is 0. The predicted octanol–water partition coefficient (Wildman–Crippen LogP) is 5.61. The molecule has 0 saturated heterocycles. The Morgan fingerprint density at radius 1 is 1.24 bits per heavy atom. The van der Waals surface area contributed by atoms with Crippen molar-refractivity contribution in [1.29, 1.82) is 0 Å². The Bertz CT molecular complexity index is 937. The maximum absolute atomic E-state index is 13.4. The van der Waals surface area contributed by atoms with Crippen molar-refractivity contribution in [3.8, 4) is 0 Å². The zero-order valence-electron chi connectivity index (χ0n) is 13.2. The average molecular weight is 461 g/mol. The van der Waals surface area contributed by atoms with Gasteiger partial charge in [-0.2, -0.15) is 0 Å². The normalized spacial score (nSPS) is 10.9. The summed E-state index contributed by atoms with van der Waals surface area (Å²) in [5.41, 5.74) is 2.13. The lowest BCUT2D eigenvalue weighted by molar-refractivity contribution is 0.103. The predicted molar refractivity (Wildman–Crippen MR) is 104 cm³/mol. The van der Waals surface area contributed by atoms with Crippen LogP contribution in [0.25, 0.3) is 0 Å². The Labute approximate surface area is 165 Å². The topological polar surface area (TPSA) is 54.9 Å². The van der Waals surface area contributed by atoms with Gasteiger partial charge in [-0.3, -0.25) is 4.79 Å². The third kappa shape index (κ3) is 4.44. The van der Waals surface area contributed by atoms with E-state index in [2.05, 4.69) is 31.2 Å². The minimum absolute atomic E-state index is 0.215. The number of thiazole rings is 2. The first-order valence-electron chi connectivity index (χ1n) is 7.17. The third-order valence-electron chi connectivity index (χ3n) is 3.32. The summed E-state index contributed by atoms with van der Waals surface area (Å²) in [6.07, 6.45) is 0.448. The van der Waals surface area contributed by atoms with Crippen LogP contribution in [-0.4, -0.2) is 15.9 Å². The second-order valence-electron chi connectivity index (χ2n) is 5.31. The van der Waals surface area contributed by atoms with Gasteiger partial charge in [-0.05, 0) is 53.5 Å². The Morgan fingerprint density at radius 2 is 2.00 bits per heavy atom. The Morgan fingerprint density at radius 3 is 2.64 bits per heavy atom. The average Bonchev–Trinajstić information content (AvgIpc) is 3.00. The fourth-order valence-corrected chi connectivity index (χ4v) is 4.94. The van der Waals surface area contributed by atoms with E-state index in [1.54, 1.807) is 13.0 Å². The molecular formula is C16H12BrClFN3OS2. The molecule has 0 spiro atoms. The molecule has 9 heteroatoms. The van der Waals surface area contributed by atoms with E-state index in [1.165, 1.54) is 34.8 Å². The van der Waals surface area contributed by atoms with E-state index in [0.29, 0.717) is 30.9 Å². The van der Waals surface area contributed by atoms with Gasteiger partial charge in [-0.25, -0.2) is 14.4 Å². The van der Waals surface area contributed by atoms with Gasteiger partial charge in [0.1, 0.15) is 15.7 Å². The van der Waals surface area contributed by atoms with Crippen LogP contribution >= 0.6 is 50.2 Å². The summed E-state index contributed by atoms with van der Waals surface area (Å²) < 4.78 is 14.1. The number of nitrogens with zero attached hydrogens (tertiary/aromatic N) is 2. The summed E-state index contributed by atoms with van der Waals surface area (Å²) >= 11 is 11.8. The fraction of sp³-hybridized carbons (Fsp3) is 0.188. The molecule has 1 N–H and O–H groups in total. The highest BCUT2D eigenvalue weighted by atomic mass is 79.9. The molecule has 0 bridgehead atoms. The molecule has 0 radical (unpaired) electrons. The SMILES string of the molecule is Cc1nc(Cc2cc(F)cc(Cl)c2)sc1NC(=O)c1sc(Br)nc1C. The van der Waals surface area contributed by atoms with Crippen LogP contribution in [0, 0.1) is 19.7 Å². The van der Waals surface area contributed by atoms with Crippen molar-refractivity contribution >= 4 is 61.1 Å². The minimum Gasteiger partial charge on any atom is -0.311 e. The van der Waals surface area contributed by atoms with Crippen LogP contribution in [-0.2, 0) is 6.42 Å². The number of carbonyl (C=O) groups is 1. The highest BCUT2D eigenvalue weighted by Crippen LogP contribution is 2.29. The van der Waals surface area contributed by atoms with Gasteiger partial charge in [0, 0.05) is 11.4 Å². The molecule has 0 unspecified atom stereocenters. The maximum Gasteiger partial charge on any atom is 0.268 e. The molecule has 130 valence electrons. The van der Waals surface area contributed by atoms with Crippen LogP contribution in [0.5, 0.6) is 0 Å². The van der Waals surface area contributed by atoms with Crippen LogP contribution in [0.4, 0.5) is 9.39 Å². The van der Waals surface area contributed by atoms with Crippen molar-refractivity contribution in [2.75, 3.05) is 5.32 Å². The van der Waals surface area contributed by atoms with Crippen LogP contribution in [0.15, 0.2) is 22.1 Å². The number of hydrogen-bond donors (Lipinski definition) is 1. The number of anilines is 1. The van der Waals surface area contributed by atoms with Crippen LogP contribution in [0.1, 0.15) is 31.6 Å². The molecule has 0 saturated carbocycles. The highest BCUT2D eigenvalue weighted by molar-refractivity contribution is 9.11. The lowest BCUT2D eigenvalue weighted by Crippen LogP contribution is -2.11. The summed E-state index contributed by atoms with van der Waals surface area (Å²) in [6, 6.07) is 4.40. The van der Waals surface area contributed by atoms with Crippen LogP contribution < -0.4 is 5.32 Å². The number of halogens is 3. The molecule has 1 aromatic carbocycles. The highest BCUT2D eigenvalue weighted by Gasteiger charge is 2.17. The fourth-order valence-electron chi connectivity index (χ4n) is 2.27. The number of hydrogen-bond acceptors (Lipinski definition) is 5. The molecule has 25 heavy (non-hydrogen) atoms. The zero-order valence-corrected chi connectivity index (χ0v) is 17.2. The zero-order chi connectivity index (χ0) is 18.1. The lowest BCUT2D eigenvalue weighted by atomic mass is 10.1. The van der Waals surface area contributed by atoms with Crippen LogP contribution in [0.3, 0.4) is 0 Å². The Kier molecular flexibility index (Phi) is 5.52. The van der Waals surface area contributed by atoms with Gasteiger partial charge in [0.05, 0.1) is 16.4 Å². The van der Waals surface area contributed by atoms with Crippen molar-refractivity contribution in [2.24, 2.45) is 0 Å². The van der Waals surface area contributed by atoms with E-state index in [-0.39, 0.29) is 11.7 Å². The number of amides is 1. The first kappa shape index (κ1) is 18.4. The molecule has 4 nitrogen and oxygen atoms in total. The third-order valence-corrected chi connectivity index (χ3v) is 6.22. The van der Waals surface area contributed by atoms with Crippen molar-refractivity contribution in [1.82, 2.24) is 9.97 Å². The maximum atomic E-state index is 13.4. The summed E-state index contributed by atoms with van der Waals surface area (Å²) in [6.45, 7) is 3.61. The van der Waals surface area contributed by atoms with Gasteiger partial charge in [-0.15, -0.1) is 22.7 Å². The number of nitrogens with one attached hydrogen (secondary N) is 1. The molecular weight excluding hydrogens is 449 g/mol. The summed E-state index contributed by atoms with van der Waals surface area (Å²) in [4.78, 5) is 21.6. The number of carbonyl (C=O) groups excluding carboxylic acids is 1. The van der Waals surface area contributed by atoms with E-state index in [4.69, 9.17) is 11.6 Å². The van der Waals surface area contributed by atoms with Crippen molar-refractivity contribution < 1.29 is 9.18 Å². The molecule has 3 rings (SSSR count). The smallest absolute Gasteiger partial charge is 0.268 e. The van der Waals surface area contributed by atoms with Gasteiger partial charge in [0.15, 0.2) is 3.92 Å². The van der Waals surface area contributed by atoms with E-state index in [9.17, 15) is 9.18 Å². The number of aryl methyl sites for hydroxylation is 2. The molecule has 0 aliphatic heterocycles. The van der Waals surface area contributed by atoms with Gasteiger partial charge < -0.3 is 5.32 Å². The molecule has 0 atom stereocenters. The summed E-state index contributed by atoms with van der Waals surface area (Å²) in [5.74, 6) is -0.594. The monoisotopic (exact) mass is 459 g/mol. The molecule has 0 aliphatic rings. The summed E-state index contributed by atoms with van der Waals surface area (Å²) in [5, 5.41) is 4.67. The molecule has 3 aromatic rings. The molecule has 0 fully saturated rings. The van der Waals surface area contributed by atoms with Gasteiger partial charge in [-0.1, -0.05) is 11.6 Å². The van der Waals surface area contributed by atoms with E-state index < -0.39 is 0 Å². The van der Waals surface area contributed by atoms with Crippen molar-refractivity contribution in [2.45, 2.75) is 20.3 Å². The standard InChI is InChI=1S/C16H12BrClFN3OS2/c1-7-13(25-16(17)21-7)14(23)22-15-8(2)20-12(24-15)5-9-3-10(18)6-11(19)4-9/h3-4,6H,5H2,1-2H3,(H,22,23). The van der Waals surface area contributed by atoms with E-state index in [1.807, 2.05) is 6.92 Å². The first-order chi connectivity index (χ1) is 11.8. The van der Waals surface area contributed by atoms with E-state index >= 15 is 0 Å². The van der Waals surface area contributed by atoms with Crippen LogP contribution in [0.2, 0.25) is 5.02 Å². The second kappa shape index (κ2) is 7.49. The Balaban J connectivity index is 1.78. The Hall–Kier alpha value is -1.35. The lowest BCUT2D eigenvalue weighted by Gasteiger charge is -2.01. The molecule has 2 aromatic heterocycles. The number of rotatable bonds is 4. The quantitative estimate of drug-likeness (QED) is 0.550.